The third-order valence-electron chi connectivity index (χ3n) is 3.93. The summed E-state index contributed by atoms with van der Waals surface area (Å²) in [5.74, 6) is 0.790. The molecule has 1 N–H and O–H groups in total. The number of carbonyl (C=O) groups is 1. The summed E-state index contributed by atoms with van der Waals surface area (Å²) in [6.07, 6.45) is 4.19. The van der Waals surface area contributed by atoms with Crippen LogP contribution in [0.5, 0.6) is 0 Å². The number of benzene rings is 1. The molecule has 0 radical (unpaired) electrons. The number of amides is 1. The Kier molecular flexibility index (Phi) is 4.82. The van der Waals surface area contributed by atoms with Crippen LogP contribution in [0, 0.1) is 12.3 Å². The third kappa shape index (κ3) is 2.83. The summed E-state index contributed by atoms with van der Waals surface area (Å²) in [6, 6.07) is 5.61. The zero-order valence-corrected chi connectivity index (χ0v) is 13.6. The molecule has 2 aromatic rings. The van der Waals surface area contributed by atoms with Crippen molar-refractivity contribution in [3.63, 3.8) is 0 Å². The monoisotopic (exact) mass is 329 g/mol. The van der Waals surface area contributed by atoms with Crippen molar-refractivity contribution in [3.8, 4) is 5.69 Å². The highest BCUT2D eigenvalue weighted by atomic mass is 35.5. The normalized spacial score (nSPS) is 13.5. The zero-order valence-electron chi connectivity index (χ0n) is 12.9. The minimum Gasteiger partial charge on any atom is -1.00 e. The maximum absolute atomic E-state index is 11.8. The molecule has 3 rings (SSSR count). The van der Waals surface area contributed by atoms with Crippen molar-refractivity contribution in [2.24, 2.45) is 0 Å². The zero-order chi connectivity index (χ0) is 15.7. The second-order valence-electron chi connectivity index (χ2n) is 5.14. The molecule has 0 aliphatic carbocycles. The molecule has 0 atom stereocenters. The van der Waals surface area contributed by atoms with Crippen LogP contribution >= 0.6 is 0 Å². The van der Waals surface area contributed by atoms with E-state index in [9.17, 15) is 10.2 Å². The van der Waals surface area contributed by atoms with Crippen molar-refractivity contribution in [2.45, 2.75) is 20.3 Å². The van der Waals surface area contributed by atoms with E-state index in [4.69, 9.17) is 0 Å². The lowest BCUT2D eigenvalue weighted by Crippen LogP contribution is -3.00. The standard InChI is InChI=1S/C16H15N5O.ClH/c1-3-12-13(9-19-16(12)22)11-4-5-15(14(8-11)20-17)21-7-6-18-10(21)2;/h4-8H,3,9H2,1-2H3;1H. The van der Waals surface area contributed by atoms with E-state index in [2.05, 4.69) is 15.3 Å². The van der Waals surface area contributed by atoms with Crippen LogP contribution in [0.1, 0.15) is 24.7 Å². The van der Waals surface area contributed by atoms with Crippen molar-refractivity contribution in [1.82, 2.24) is 14.9 Å². The smallest absolute Gasteiger partial charge is 0.409 e. The molecule has 0 fully saturated rings. The Labute approximate surface area is 140 Å². The van der Waals surface area contributed by atoms with E-state index in [1.807, 2.05) is 36.7 Å². The predicted octanol–water partition coefficient (Wildman–Crippen LogP) is -0.0373. The summed E-state index contributed by atoms with van der Waals surface area (Å²) in [6.45, 7) is 4.35. The molecule has 1 amide bonds. The van der Waals surface area contributed by atoms with Gasteiger partial charge in [0.2, 0.25) is 11.3 Å². The molecule has 0 saturated heterocycles. The highest BCUT2D eigenvalue weighted by Gasteiger charge is 2.25. The molecule has 7 heteroatoms. The number of carbonyl (C=O) groups excluding carboxylic acids is 1. The fourth-order valence-corrected chi connectivity index (χ4v) is 2.80. The number of diazo groups is 1. The van der Waals surface area contributed by atoms with Crippen LogP contribution in [0.4, 0.5) is 5.69 Å². The summed E-state index contributed by atoms with van der Waals surface area (Å²) < 4.78 is 1.85. The number of hydrogen-bond acceptors (Lipinski definition) is 3. The average Bonchev–Trinajstić information content (AvgIpc) is 3.12. The lowest BCUT2D eigenvalue weighted by Gasteiger charge is -2.06. The summed E-state index contributed by atoms with van der Waals surface area (Å²) in [5.41, 5.74) is 3.84. The van der Waals surface area contributed by atoms with Gasteiger partial charge >= 0.3 is 5.69 Å². The summed E-state index contributed by atoms with van der Waals surface area (Å²) in [5, 5.41) is 12.2. The topological polar surface area (TPSA) is 75.1 Å². The van der Waals surface area contributed by atoms with Crippen LogP contribution in [-0.2, 0) is 4.79 Å². The molecule has 118 valence electrons. The van der Waals surface area contributed by atoms with Crippen LogP contribution in [0.2, 0.25) is 0 Å². The molecule has 0 bridgehead atoms. The van der Waals surface area contributed by atoms with E-state index in [1.165, 1.54) is 0 Å². The van der Waals surface area contributed by atoms with E-state index in [0.717, 1.165) is 28.2 Å². The van der Waals surface area contributed by atoms with Crippen LogP contribution < -0.4 is 17.7 Å². The first-order chi connectivity index (χ1) is 10.7. The van der Waals surface area contributed by atoms with Gasteiger partial charge in [0, 0.05) is 30.6 Å². The van der Waals surface area contributed by atoms with Gasteiger partial charge in [0.05, 0.1) is 0 Å². The number of imidazole rings is 1. The van der Waals surface area contributed by atoms with Crippen molar-refractivity contribution >= 4 is 17.2 Å². The molecule has 23 heavy (non-hydrogen) atoms. The number of nitrogens with zero attached hydrogens (tertiary/aromatic N) is 4. The highest BCUT2D eigenvalue weighted by Crippen LogP contribution is 2.31. The van der Waals surface area contributed by atoms with Crippen LogP contribution in [-0.4, -0.2) is 22.0 Å². The molecular weight excluding hydrogens is 314 g/mol. The van der Waals surface area contributed by atoms with Crippen molar-refractivity contribution in [2.75, 3.05) is 6.54 Å². The van der Waals surface area contributed by atoms with E-state index in [1.54, 1.807) is 12.3 Å². The molecule has 2 heterocycles. The first kappa shape index (κ1) is 16.7. The Balaban J connectivity index is 0.00000192. The number of halogens is 1. The Morgan fingerprint density at radius 1 is 1.43 bits per heavy atom. The fraction of sp³-hybridized carbons (Fsp3) is 0.250. The quantitative estimate of drug-likeness (QED) is 0.803. The van der Waals surface area contributed by atoms with Gasteiger partial charge in [-0.15, -0.1) is 0 Å². The third-order valence-corrected chi connectivity index (χ3v) is 3.93. The van der Waals surface area contributed by atoms with Gasteiger partial charge in [-0.3, -0.25) is 9.36 Å². The number of nitrogens with one attached hydrogen (secondary N) is 1. The molecule has 1 aliphatic rings. The van der Waals surface area contributed by atoms with Gasteiger partial charge in [-0.25, -0.2) is 4.98 Å². The Bertz CT molecular complexity index is 831. The van der Waals surface area contributed by atoms with Crippen molar-refractivity contribution in [1.29, 1.82) is 5.39 Å². The second-order valence-corrected chi connectivity index (χ2v) is 5.14. The Morgan fingerprint density at radius 3 is 2.83 bits per heavy atom. The van der Waals surface area contributed by atoms with Gasteiger partial charge < -0.3 is 17.7 Å². The summed E-state index contributed by atoms with van der Waals surface area (Å²) in [7, 11) is 0. The number of rotatable bonds is 3. The predicted molar refractivity (Wildman–Crippen MR) is 83.3 cm³/mol. The summed E-state index contributed by atoms with van der Waals surface area (Å²) >= 11 is 0. The van der Waals surface area contributed by atoms with Gasteiger partial charge in [0.25, 0.3) is 0 Å². The molecule has 0 spiro atoms. The van der Waals surface area contributed by atoms with Gasteiger partial charge in [0.15, 0.2) is 4.98 Å². The van der Waals surface area contributed by atoms with E-state index < -0.39 is 0 Å². The van der Waals surface area contributed by atoms with Crippen molar-refractivity contribution < 1.29 is 17.2 Å². The molecule has 1 aromatic heterocycles. The van der Waals surface area contributed by atoms with Gasteiger partial charge in [-0.1, -0.05) is 13.0 Å². The molecule has 1 aliphatic heterocycles. The highest BCUT2D eigenvalue weighted by molar-refractivity contribution is 6.06. The molecular formula is C16H16ClN5O. The van der Waals surface area contributed by atoms with Crippen LogP contribution in [0.3, 0.4) is 0 Å². The Hall–Kier alpha value is -2.65. The fourth-order valence-electron chi connectivity index (χ4n) is 2.80. The molecule has 6 nitrogen and oxygen atoms in total. The van der Waals surface area contributed by atoms with Gasteiger partial charge in [-0.2, -0.15) is 0 Å². The number of hydrogen-bond donors (Lipinski definition) is 1. The SMILES string of the molecule is CCC1=C(c2ccc(-n3ccnc3C)c([N+]#N)c2)CNC1=O.[Cl-]. The maximum atomic E-state index is 11.8. The molecule has 1 aromatic carbocycles. The lowest BCUT2D eigenvalue weighted by molar-refractivity contribution is -0.116. The van der Waals surface area contributed by atoms with E-state index in [-0.39, 0.29) is 18.3 Å². The number of aromatic nitrogens is 2. The van der Waals surface area contributed by atoms with Gasteiger partial charge in [-0.05, 0) is 30.5 Å². The van der Waals surface area contributed by atoms with E-state index >= 15 is 0 Å². The molecule has 0 unspecified atom stereocenters. The maximum Gasteiger partial charge on any atom is 0.409 e. The van der Waals surface area contributed by atoms with E-state index in [0.29, 0.717) is 18.7 Å². The first-order valence-corrected chi connectivity index (χ1v) is 7.15. The first-order valence-electron chi connectivity index (χ1n) is 7.15. The minimum absolute atomic E-state index is 0. The Morgan fingerprint density at radius 2 is 2.22 bits per heavy atom. The van der Waals surface area contributed by atoms with Crippen molar-refractivity contribution in [3.05, 3.63) is 52.5 Å². The number of aryl methyl sites for hydroxylation is 1. The van der Waals surface area contributed by atoms with Crippen LogP contribution in [0.25, 0.3) is 16.2 Å². The average molecular weight is 330 g/mol. The summed E-state index contributed by atoms with van der Waals surface area (Å²) in [4.78, 5) is 19.4. The van der Waals surface area contributed by atoms with Crippen LogP contribution in [0.15, 0.2) is 36.2 Å². The second kappa shape index (κ2) is 6.63. The molecule has 0 saturated carbocycles. The largest absolute Gasteiger partial charge is 1.00 e. The van der Waals surface area contributed by atoms with Gasteiger partial charge in [0.1, 0.15) is 11.5 Å². The minimum atomic E-state index is -0.0190. The lowest BCUT2D eigenvalue weighted by atomic mass is 9.99.